The smallest absolute Gasteiger partial charge is 0.146 e. The number of hydrogen-bond donors (Lipinski definition) is 1. The Kier molecular flexibility index (Phi) is 3.05. The fourth-order valence-corrected chi connectivity index (χ4v) is 1.68. The maximum atomic E-state index is 8.79. The van der Waals surface area contributed by atoms with Crippen LogP contribution in [0.3, 0.4) is 0 Å². The normalized spacial score (nSPS) is 19.9. The van der Waals surface area contributed by atoms with Crippen LogP contribution in [-0.2, 0) is 4.74 Å². The SMILES string of the molecule is N#Cc1ccnc(NC2CCOC2)c1Cl. The third-order valence-electron chi connectivity index (χ3n) is 2.28. The van der Waals surface area contributed by atoms with Gasteiger partial charge in [-0.1, -0.05) is 11.6 Å². The topological polar surface area (TPSA) is 57.9 Å². The molecule has 0 bridgehead atoms. The molecular formula is C10H10ClN3O. The Balaban J connectivity index is 2.17. The molecule has 2 heterocycles. The highest BCUT2D eigenvalue weighted by molar-refractivity contribution is 6.34. The van der Waals surface area contributed by atoms with Gasteiger partial charge in [0.1, 0.15) is 16.9 Å². The third-order valence-corrected chi connectivity index (χ3v) is 2.66. The molecule has 0 saturated carbocycles. The summed E-state index contributed by atoms with van der Waals surface area (Å²) in [6.07, 6.45) is 2.51. The van der Waals surface area contributed by atoms with E-state index in [0.717, 1.165) is 13.0 Å². The standard InChI is InChI=1S/C10H10ClN3O/c11-9-7(5-12)1-3-13-10(9)14-8-2-4-15-6-8/h1,3,8H,2,4,6H2,(H,13,14). The van der Waals surface area contributed by atoms with E-state index < -0.39 is 0 Å². The quantitative estimate of drug-likeness (QED) is 0.831. The van der Waals surface area contributed by atoms with E-state index in [1.54, 1.807) is 12.3 Å². The second-order valence-corrected chi connectivity index (χ2v) is 3.72. The molecule has 15 heavy (non-hydrogen) atoms. The van der Waals surface area contributed by atoms with Crippen molar-refractivity contribution >= 4 is 17.4 Å². The molecule has 1 aromatic rings. The van der Waals surface area contributed by atoms with Gasteiger partial charge in [-0.3, -0.25) is 0 Å². The molecule has 4 nitrogen and oxygen atoms in total. The summed E-state index contributed by atoms with van der Waals surface area (Å²) in [5.74, 6) is 0.561. The van der Waals surface area contributed by atoms with Crippen molar-refractivity contribution in [3.05, 3.63) is 22.8 Å². The minimum Gasteiger partial charge on any atom is -0.379 e. The van der Waals surface area contributed by atoms with E-state index in [0.29, 0.717) is 23.0 Å². The number of ether oxygens (including phenoxy) is 1. The van der Waals surface area contributed by atoms with Gasteiger partial charge < -0.3 is 10.1 Å². The summed E-state index contributed by atoms with van der Waals surface area (Å²) in [6.45, 7) is 1.42. The van der Waals surface area contributed by atoms with Crippen molar-refractivity contribution in [2.75, 3.05) is 18.5 Å². The molecule has 5 heteroatoms. The van der Waals surface area contributed by atoms with E-state index in [1.807, 2.05) is 6.07 Å². The minimum atomic E-state index is 0.240. The predicted octanol–water partition coefficient (Wildman–Crippen LogP) is 1.81. The van der Waals surface area contributed by atoms with E-state index >= 15 is 0 Å². The predicted molar refractivity (Wildman–Crippen MR) is 56.8 cm³/mol. The van der Waals surface area contributed by atoms with Crippen molar-refractivity contribution in [2.45, 2.75) is 12.5 Å². The molecule has 1 aromatic heterocycles. The summed E-state index contributed by atoms with van der Waals surface area (Å²) < 4.78 is 5.23. The molecular weight excluding hydrogens is 214 g/mol. The van der Waals surface area contributed by atoms with Crippen LogP contribution < -0.4 is 5.32 Å². The van der Waals surface area contributed by atoms with Crippen molar-refractivity contribution in [2.24, 2.45) is 0 Å². The molecule has 1 aliphatic rings. The number of anilines is 1. The minimum absolute atomic E-state index is 0.240. The van der Waals surface area contributed by atoms with Crippen LogP contribution in [0.2, 0.25) is 5.02 Å². The number of nitrogens with one attached hydrogen (secondary N) is 1. The van der Waals surface area contributed by atoms with Crippen LogP contribution in [0.25, 0.3) is 0 Å². The number of nitriles is 1. The molecule has 1 aliphatic heterocycles. The van der Waals surface area contributed by atoms with Crippen LogP contribution in [0, 0.1) is 11.3 Å². The molecule has 0 radical (unpaired) electrons. The first kappa shape index (κ1) is 10.2. The number of hydrogen-bond acceptors (Lipinski definition) is 4. The molecule has 0 spiro atoms. The Labute approximate surface area is 92.8 Å². The molecule has 1 N–H and O–H groups in total. The van der Waals surface area contributed by atoms with Crippen molar-refractivity contribution in [1.29, 1.82) is 5.26 Å². The third kappa shape index (κ3) is 2.20. The van der Waals surface area contributed by atoms with Gasteiger partial charge in [0.2, 0.25) is 0 Å². The zero-order valence-electron chi connectivity index (χ0n) is 8.03. The van der Waals surface area contributed by atoms with E-state index in [4.69, 9.17) is 21.6 Å². The molecule has 78 valence electrons. The van der Waals surface area contributed by atoms with Gasteiger partial charge in [0.15, 0.2) is 0 Å². The van der Waals surface area contributed by atoms with Crippen molar-refractivity contribution < 1.29 is 4.74 Å². The fraction of sp³-hybridized carbons (Fsp3) is 0.400. The van der Waals surface area contributed by atoms with Crippen LogP contribution in [0.1, 0.15) is 12.0 Å². The van der Waals surface area contributed by atoms with Gasteiger partial charge in [-0.2, -0.15) is 5.26 Å². The summed E-state index contributed by atoms with van der Waals surface area (Å²) in [6, 6.07) is 3.85. The van der Waals surface area contributed by atoms with Crippen LogP contribution >= 0.6 is 11.6 Å². The van der Waals surface area contributed by atoms with Crippen LogP contribution in [-0.4, -0.2) is 24.2 Å². The van der Waals surface area contributed by atoms with Gasteiger partial charge in [0.05, 0.1) is 18.2 Å². The highest BCUT2D eigenvalue weighted by Crippen LogP contribution is 2.24. The van der Waals surface area contributed by atoms with Crippen LogP contribution in [0.15, 0.2) is 12.3 Å². The van der Waals surface area contributed by atoms with E-state index in [9.17, 15) is 0 Å². The second kappa shape index (κ2) is 4.47. The Morgan fingerprint density at radius 3 is 3.20 bits per heavy atom. The Hall–Kier alpha value is -1.31. The van der Waals surface area contributed by atoms with E-state index in [-0.39, 0.29) is 6.04 Å². The highest BCUT2D eigenvalue weighted by atomic mass is 35.5. The number of pyridine rings is 1. The Bertz CT molecular complexity index is 396. The average Bonchev–Trinajstić information content (AvgIpc) is 2.74. The number of halogens is 1. The summed E-state index contributed by atoms with van der Waals surface area (Å²) in [7, 11) is 0. The summed E-state index contributed by atoms with van der Waals surface area (Å²) in [4.78, 5) is 4.10. The lowest BCUT2D eigenvalue weighted by molar-refractivity contribution is 0.195. The summed E-state index contributed by atoms with van der Waals surface area (Å²) >= 11 is 6.00. The first-order valence-corrected chi connectivity index (χ1v) is 5.08. The molecule has 1 saturated heterocycles. The largest absolute Gasteiger partial charge is 0.379 e. The maximum absolute atomic E-state index is 8.79. The second-order valence-electron chi connectivity index (χ2n) is 3.34. The molecule has 1 unspecified atom stereocenters. The van der Waals surface area contributed by atoms with Crippen molar-refractivity contribution in [3.8, 4) is 6.07 Å². The Morgan fingerprint density at radius 2 is 2.53 bits per heavy atom. The number of rotatable bonds is 2. The lowest BCUT2D eigenvalue weighted by Crippen LogP contribution is -2.20. The van der Waals surface area contributed by atoms with Gasteiger partial charge in [0, 0.05) is 12.8 Å². The average molecular weight is 224 g/mol. The van der Waals surface area contributed by atoms with Gasteiger partial charge in [-0.15, -0.1) is 0 Å². The van der Waals surface area contributed by atoms with Gasteiger partial charge in [-0.25, -0.2) is 4.98 Å². The Morgan fingerprint density at radius 1 is 1.67 bits per heavy atom. The fourth-order valence-electron chi connectivity index (χ4n) is 1.47. The summed E-state index contributed by atoms with van der Waals surface area (Å²) in [5.41, 5.74) is 0.438. The maximum Gasteiger partial charge on any atom is 0.146 e. The van der Waals surface area contributed by atoms with Gasteiger partial charge in [0.25, 0.3) is 0 Å². The molecule has 0 amide bonds. The van der Waals surface area contributed by atoms with Crippen LogP contribution in [0.5, 0.6) is 0 Å². The van der Waals surface area contributed by atoms with Gasteiger partial charge in [-0.05, 0) is 12.5 Å². The highest BCUT2D eigenvalue weighted by Gasteiger charge is 2.17. The molecule has 2 rings (SSSR count). The zero-order chi connectivity index (χ0) is 10.7. The first-order valence-electron chi connectivity index (χ1n) is 4.70. The number of nitrogens with zero attached hydrogens (tertiary/aromatic N) is 2. The monoisotopic (exact) mass is 223 g/mol. The zero-order valence-corrected chi connectivity index (χ0v) is 8.79. The molecule has 1 fully saturated rings. The van der Waals surface area contributed by atoms with Crippen molar-refractivity contribution in [3.63, 3.8) is 0 Å². The van der Waals surface area contributed by atoms with Crippen LogP contribution in [0.4, 0.5) is 5.82 Å². The van der Waals surface area contributed by atoms with E-state index in [2.05, 4.69) is 10.3 Å². The molecule has 1 atom stereocenters. The van der Waals surface area contributed by atoms with E-state index in [1.165, 1.54) is 0 Å². The lowest BCUT2D eigenvalue weighted by atomic mass is 10.2. The lowest BCUT2D eigenvalue weighted by Gasteiger charge is -2.12. The molecule has 0 aromatic carbocycles. The molecule has 0 aliphatic carbocycles. The van der Waals surface area contributed by atoms with Gasteiger partial charge >= 0.3 is 0 Å². The first-order chi connectivity index (χ1) is 7.31. The summed E-state index contributed by atoms with van der Waals surface area (Å²) in [5, 5.41) is 12.3. The number of aromatic nitrogens is 1. The van der Waals surface area contributed by atoms with Crippen molar-refractivity contribution in [1.82, 2.24) is 4.98 Å².